The van der Waals surface area contributed by atoms with Gasteiger partial charge >= 0.3 is 7.69 Å². The molecule has 1 radical (unpaired) electrons. The molecule has 13 heteroatoms. The number of aromatic nitrogens is 6. The van der Waals surface area contributed by atoms with E-state index >= 15 is 0 Å². The first kappa shape index (κ1) is 37.4. The Morgan fingerprint density at radius 1 is 0.667 bits per heavy atom. The van der Waals surface area contributed by atoms with Gasteiger partial charge in [-0.25, -0.2) is 14.6 Å². The van der Waals surface area contributed by atoms with Gasteiger partial charge in [0.05, 0.1) is 42.4 Å². The molecule has 0 aliphatic carbocycles. The summed E-state index contributed by atoms with van der Waals surface area (Å²) in [5.74, 6) is 14.0. The van der Waals surface area contributed by atoms with Gasteiger partial charge in [0.15, 0.2) is 0 Å². The van der Waals surface area contributed by atoms with Crippen LogP contribution in [0.2, 0.25) is 0 Å². The summed E-state index contributed by atoms with van der Waals surface area (Å²) in [6.45, 7) is 2.18. The molecule has 0 saturated heterocycles. The maximum absolute atomic E-state index is 8.37. The maximum Gasteiger partial charge on any atom is 0.569 e. The van der Waals surface area contributed by atoms with Crippen LogP contribution in [0.3, 0.4) is 0 Å². The number of methoxy groups -OCH3 is 2. The summed E-state index contributed by atoms with van der Waals surface area (Å²) in [4.78, 5) is 8.25. The number of aromatic amines is 1. The summed E-state index contributed by atoms with van der Waals surface area (Å²) in [7, 11) is 3.91. The zero-order valence-electron chi connectivity index (χ0n) is 28.2. The quantitative estimate of drug-likeness (QED) is 0.114. The highest BCUT2D eigenvalue weighted by Gasteiger charge is 2.01. The third-order valence-corrected chi connectivity index (χ3v) is 6.31. The number of hydrogen-bond donors (Lipinski definition) is 2. The van der Waals surface area contributed by atoms with Gasteiger partial charge in [-0.1, -0.05) is 24.0 Å². The Labute approximate surface area is 297 Å². The van der Waals surface area contributed by atoms with Crippen molar-refractivity contribution in [2.24, 2.45) is 0 Å². The van der Waals surface area contributed by atoms with Crippen LogP contribution in [0.15, 0.2) is 122 Å². The molecule has 4 heterocycles. The third kappa shape index (κ3) is 14.3. The third-order valence-electron chi connectivity index (χ3n) is 6.31. The van der Waals surface area contributed by atoms with Crippen LogP contribution in [0.1, 0.15) is 22.5 Å². The van der Waals surface area contributed by atoms with Crippen molar-refractivity contribution >= 4 is 7.69 Å². The van der Waals surface area contributed by atoms with E-state index in [1.54, 1.807) is 74.2 Å². The van der Waals surface area contributed by atoms with Crippen LogP contribution in [0, 0.1) is 23.7 Å². The highest BCUT2D eigenvalue weighted by Crippen LogP contribution is 2.17. The van der Waals surface area contributed by atoms with Crippen LogP contribution < -0.4 is 14.1 Å². The number of ether oxygens (including phenoxy) is 4. The van der Waals surface area contributed by atoms with E-state index in [0.717, 1.165) is 39.7 Å². The summed E-state index contributed by atoms with van der Waals surface area (Å²) in [6, 6.07) is 25.9. The number of benzene rings is 2. The molecule has 2 N–H and O–H groups in total. The smallest absolute Gasteiger partial charge is 0.537 e. The number of nitrogens with zero attached hydrogens (tertiary/aromatic N) is 5. The van der Waals surface area contributed by atoms with Gasteiger partial charge in [0.2, 0.25) is 0 Å². The summed E-state index contributed by atoms with van der Waals surface area (Å²) in [6.07, 6.45) is 10.5. The maximum atomic E-state index is 8.37. The largest absolute Gasteiger partial charge is 0.569 e. The average molecular weight is 684 g/mol. The molecule has 0 aliphatic rings. The van der Waals surface area contributed by atoms with E-state index in [-0.39, 0.29) is 0 Å². The van der Waals surface area contributed by atoms with Gasteiger partial charge in [0, 0.05) is 39.0 Å². The molecule has 0 aliphatic heterocycles. The van der Waals surface area contributed by atoms with E-state index in [2.05, 4.69) is 48.9 Å². The molecule has 257 valence electrons. The zero-order chi connectivity index (χ0) is 35.8. The van der Waals surface area contributed by atoms with Gasteiger partial charge in [0.1, 0.15) is 41.9 Å². The topological polar surface area (TPSA) is 139 Å². The molecule has 2 aromatic carbocycles. The lowest BCUT2D eigenvalue weighted by Crippen LogP contribution is -2.04. The monoisotopic (exact) mass is 683 g/mol. The molecular weight excluding hydrogens is 647 g/mol. The predicted octanol–water partition coefficient (Wildman–Crippen LogP) is 4.51. The van der Waals surface area contributed by atoms with Crippen molar-refractivity contribution in [3.8, 4) is 46.6 Å². The van der Waals surface area contributed by atoms with Crippen LogP contribution in [0.5, 0.6) is 17.2 Å². The highest BCUT2D eigenvalue weighted by molar-refractivity contribution is 6.17. The molecule has 4 aromatic heterocycles. The van der Waals surface area contributed by atoms with E-state index in [4.69, 9.17) is 28.6 Å². The normalized spacial score (nSPS) is 9.63. The standard InChI is InChI=1S/C19H17N3O2.C10H7N3.C9H12BO4/c1-23-12-13-24-19-9-7-18(8-10-19)22-15-16(14-21-22)5-6-17-4-2-3-11-20-17;1-2-6-11-10(3-1)5-4-9-7-12-13-8-9;1-12-6-7-13-8-2-4-9(5-3-8)14-10-11/h2-4,7-11,14-15H,12-13H2,1H3;1-3,6-8H,(H,12,13);2-5,11H,6-7H2,1H3. The predicted molar refractivity (Wildman–Crippen MR) is 192 cm³/mol. The first-order chi connectivity index (χ1) is 25.2. The fourth-order valence-electron chi connectivity index (χ4n) is 3.85. The minimum atomic E-state index is 0.517. The molecule has 51 heavy (non-hydrogen) atoms. The molecule has 6 aromatic rings. The van der Waals surface area contributed by atoms with Gasteiger partial charge in [-0.3, -0.25) is 5.10 Å². The molecule has 0 bridgehead atoms. The van der Waals surface area contributed by atoms with Crippen LogP contribution >= 0.6 is 0 Å². The molecule has 0 unspecified atom stereocenters. The van der Waals surface area contributed by atoms with Crippen LogP contribution in [0.25, 0.3) is 5.69 Å². The van der Waals surface area contributed by atoms with Crippen LogP contribution in [-0.2, 0) is 9.47 Å². The van der Waals surface area contributed by atoms with E-state index < -0.39 is 0 Å². The molecule has 12 nitrogen and oxygen atoms in total. The Balaban J connectivity index is 0.000000185. The number of hydrogen-bond acceptors (Lipinski definition) is 10. The van der Waals surface area contributed by atoms with Crippen molar-refractivity contribution < 1.29 is 28.6 Å². The average Bonchev–Trinajstić information content (AvgIpc) is 3.89. The second-order valence-electron chi connectivity index (χ2n) is 9.96. The van der Waals surface area contributed by atoms with Crippen molar-refractivity contribution in [3.63, 3.8) is 0 Å². The fourth-order valence-corrected chi connectivity index (χ4v) is 3.85. The number of H-pyrrole nitrogens is 1. The molecule has 0 fully saturated rings. The zero-order valence-corrected chi connectivity index (χ0v) is 28.2. The van der Waals surface area contributed by atoms with E-state index in [0.29, 0.717) is 39.9 Å². The van der Waals surface area contributed by atoms with E-state index in [1.165, 1.54) is 0 Å². The lowest BCUT2D eigenvalue weighted by molar-refractivity contribution is 0.146. The minimum absolute atomic E-state index is 0.517. The Kier molecular flexibility index (Phi) is 16.4. The van der Waals surface area contributed by atoms with Gasteiger partial charge < -0.3 is 28.6 Å². The van der Waals surface area contributed by atoms with Crippen LogP contribution in [0.4, 0.5) is 0 Å². The second kappa shape index (κ2) is 22.3. The SMILES string of the molecule is C(#Cc1ccccn1)c1cn[nH]c1.COCCOc1ccc(-n2cc(C#Cc3ccccn3)cn2)cc1.COCCOc1ccc(O[B]O)cc1. The van der Waals surface area contributed by atoms with E-state index in [1.807, 2.05) is 66.9 Å². The molecular formula is C38H36BN6O6. The minimum Gasteiger partial charge on any atom is -0.537 e. The Morgan fingerprint density at radius 2 is 1.24 bits per heavy atom. The fraction of sp³-hybridized carbons (Fsp3) is 0.158. The molecule has 0 spiro atoms. The van der Waals surface area contributed by atoms with Crippen molar-refractivity contribution in [1.82, 2.24) is 29.9 Å². The lowest BCUT2D eigenvalue weighted by Gasteiger charge is -2.06. The van der Waals surface area contributed by atoms with Crippen molar-refractivity contribution in [3.05, 3.63) is 145 Å². The van der Waals surface area contributed by atoms with Gasteiger partial charge in [-0.2, -0.15) is 10.2 Å². The summed E-state index contributed by atoms with van der Waals surface area (Å²) in [5, 5.41) is 19.2. The highest BCUT2D eigenvalue weighted by atomic mass is 16.5. The molecule has 0 saturated carbocycles. The second-order valence-corrected chi connectivity index (χ2v) is 9.96. The first-order valence-corrected chi connectivity index (χ1v) is 15.6. The molecule has 0 atom stereocenters. The summed E-state index contributed by atoms with van der Waals surface area (Å²) >= 11 is 0. The first-order valence-electron chi connectivity index (χ1n) is 15.6. The van der Waals surface area contributed by atoms with Gasteiger partial charge in [-0.05, 0) is 84.6 Å². The van der Waals surface area contributed by atoms with Crippen molar-refractivity contribution in [1.29, 1.82) is 0 Å². The number of rotatable bonds is 11. The Morgan fingerprint density at radius 3 is 1.75 bits per heavy atom. The van der Waals surface area contributed by atoms with E-state index in [9.17, 15) is 0 Å². The van der Waals surface area contributed by atoms with Crippen LogP contribution in [-0.4, -0.2) is 83.3 Å². The van der Waals surface area contributed by atoms with Gasteiger partial charge in [0.25, 0.3) is 0 Å². The number of pyridine rings is 2. The summed E-state index contributed by atoms with van der Waals surface area (Å²) in [5.41, 5.74) is 4.15. The number of nitrogens with one attached hydrogen (secondary N) is 1. The molecule has 0 amide bonds. The van der Waals surface area contributed by atoms with Crippen molar-refractivity contribution in [2.75, 3.05) is 40.6 Å². The molecule has 6 rings (SSSR count). The summed E-state index contributed by atoms with van der Waals surface area (Å²) < 4.78 is 27.2. The Hall–Kier alpha value is -6.38. The lowest BCUT2D eigenvalue weighted by atomic mass is 10.3. The Bertz CT molecular complexity index is 1940. The van der Waals surface area contributed by atoms with Crippen molar-refractivity contribution in [2.45, 2.75) is 0 Å². The van der Waals surface area contributed by atoms with Gasteiger partial charge in [-0.15, -0.1) is 0 Å².